The normalized spacial score (nSPS) is 13.6. The Hall–Kier alpha value is -3.40. The molecule has 0 aliphatic carbocycles. The molecule has 0 fully saturated rings. The Balaban J connectivity index is 1.54. The lowest BCUT2D eigenvalue weighted by molar-refractivity contribution is -0.147. The quantitative estimate of drug-likeness (QED) is 0.491. The van der Waals surface area contributed by atoms with Crippen LogP contribution in [0.5, 0.6) is 0 Å². The Kier molecular flexibility index (Phi) is 8.61. The molecule has 2 amide bonds. The SMILES string of the molecule is CCOC(=O)C(Cc1cccnc1)NC(=O)CNC(=O)c1cccc(NC2=NCCS2)c1. The number of aliphatic imine (C=N–C) groups is 1. The highest BCUT2D eigenvalue weighted by molar-refractivity contribution is 8.14. The van der Waals surface area contributed by atoms with Gasteiger partial charge in [0.2, 0.25) is 5.91 Å². The molecule has 3 rings (SSSR count). The highest BCUT2D eigenvalue weighted by atomic mass is 32.2. The van der Waals surface area contributed by atoms with Gasteiger partial charge in [0.15, 0.2) is 5.17 Å². The van der Waals surface area contributed by atoms with E-state index in [2.05, 4.69) is 25.9 Å². The number of carbonyl (C=O) groups is 3. The smallest absolute Gasteiger partial charge is 0.328 e. The Labute approximate surface area is 190 Å². The van der Waals surface area contributed by atoms with Crippen molar-refractivity contribution in [2.45, 2.75) is 19.4 Å². The topological polar surface area (TPSA) is 122 Å². The number of hydrogen-bond donors (Lipinski definition) is 3. The summed E-state index contributed by atoms with van der Waals surface area (Å²) in [5.74, 6) is -0.496. The first-order valence-corrected chi connectivity index (χ1v) is 11.2. The largest absolute Gasteiger partial charge is 0.464 e. The van der Waals surface area contributed by atoms with Crippen molar-refractivity contribution in [3.05, 3.63) is 59.9 Å². The van der Waals surface area contributed by atoms with Gasteiger partial charge in [0.05, 0.1) is 19.7 Å². The molecule has 2 heterocycles. The highest BCUT2D eigenvalue weighted by Crippen LogP contribution is 2.17. The summed E-state index contributed by atoms with van der Waals surface area (Å²) in [5, 5.41) is 9.20. The predicted octanol–water partition coefficient (Wildman–Crippen LogP) is 1.62. The Bertz CT molecular complexity index is 983. The van der Waals surface area contributed by atoms with Crippen LogP contribution in [0.4, 0.5) is 5.69 Å². The number of pyridine rings is 1. The van der Waals surface area contributed by atoms with Gasteiger partial charge >= 0.3 is 5.97 Å². The zero-order chi connectivity index (χ0) is 22.8. The third-order valence-corrected chi connectivity index (χ3v) is 5.33. The molecule has 1 aliphatic rings. The number of benzene rings is 1. The number of carbonyl (C=O) groups excluding carboxylic acids is 3. The van der Waals surface area contributed by atoms with Crippen LogP contribution in [-0.4, -0.2) is 59.4 Å². The fourth-order valence-corrected chi connectivity index (χ4v) is 3.72. The molecular weight excluding hydrogens is 430 g/mol. The Morgan fingerprint density at radius 1 is 1.22 bits per heavy atom. The number of amides is 2. The van der Waals surface area contributed by atoms with Crippen LogP contribution in [0.15, 0.2) is 53.8 Å². The van der Waals surface area contributed by atoms with Crippen molar-refractivity contribution in [2.75, 3.05) is 30.8 Å². The number of nitrogens with zero attached hydrogens (tertiary/aromatic N) is 2. The molecule has 2 aromatic rings. The van der Waals surface area contributed by atoms with E-state index >= 15 is 0 Å². The van der Waals surface area contributed by atoms with Gasteiger partial charge in [0, 0.05) is 35.8 Å². The van der Waals surface area contributed by atoms with Crippen LogP contribution in [0.2, 0.25) is 0 Å². The lowest BCUT2D eigenvalue weighted by Crippen LogP contribution is -2.47. The van der Waals surface area contributed by atoms with Crippen LogP contribution in [0.1, 0.15) is 22.8 Å². The number of ether oxygens (including phenoxy) is 1. The summed E-state index contributed by atoms with van der Waals surface area (Å²) in [6, 6.07) is 9.63. The van der Waals surface area contributed by atoms with Crippen molar-refractivity contribution in [1.82, 2.24) is 15.6 Å². The van der Waals surface area contributed by atoms with Crippen LogP contribution in [0.25, 0.3) is 0 Å². The zero-order valence-corrected chi connectivity index (χ0v) is 18.5. The molecule has 0 saturated carbocycles. The number of hydrogen-bond acceptors (Lipinski definition) is 8. The maximum Gasteiger partial charge on any atom is 0.328 e. The number of anilines is 1. The number of aromatic nitrogens is 1. The van der Waals surface area contributed by atoms with Crippen LogP contribution in [0, 0.1) is 0 Å². The van der Waals surface area contributed by atoms with Gasteiger partial charge in [-0.3, -0.25) is 19.6 Å². The number of amidine groups is 1. The van der Waals surface area contributed by atoms with Crippen LogP contribution in [-0.2, 0) is 20.7 Å². The van der Waals surface area contributed by atoms with E-state index < -0.39 is 23.8 Å². The third-order valence-electron chi connectivity index (χ3n) is 4.44. The average Bonchev–Trinajstić information content (AvgIpc) is 3.31. The van der Waals surface area contributed by atoms with Crippen molar-refractivity contribution < 1.29 is 19.1 Å². The van der Waals surface area contributed by atoms with E-state index in [1.54, 1.807) is 55.3 Å². The van der Waals surface area contributed by atoms with Crippen molar-refractivity contribution in [3.63, 3.8) is 0 Å². The molecule has 3 N–H and O–H groups in total. The summed E-state index contributed by atoms with van der Waals surface area (Å²) in [4.78, 5) is 45.5. The molecule has 32 heavy (non-hydrogen) atoms. The van der Waals surface area contributed by atoms with Gasteiger partial charge < -0.3 is 20.7 Å². The maximum atomic E-state index is 12.5. The van der Waals surface area contributed by atoms with E-state index in [9.17, 15) is 14.4 Å². The van der Waals surface area contributed by atoms with Crippen molar-refractivity contribution in [2.24, 2.45) is 4.99 Å². The number of nitrogens with one attached hydrogen (secondary N) is 3. The maximum absolute atomic E-state index is 12.5. The van der Waals surface area contributed by atoms with Gasteiger partial charge in [-0.15, -0.1) is 0 Å². The van der Waals surface area contributed by atoms with E-state index in [0.29, 0.717) is 5.56 Å². The van der Waals surface area contributed by atoms with E-state index in [0.717, 1.165) is 28.7 Å². The monoisotopic (exact) mass is 455 g/mol. The van der Waals surface area contributed by atoms with Gasteiger partial charge in [-0.05, 0) is 36.8 Å². The first-order valence-electron chi connectivity index (χ1n) is 10.2. The van der Waals surface area contributed by atoms with Crippen LogP contribution >= 0.6 is 11.8 Å². The summed E-state index contributed by atoms with van der Waals surface area (Å²) in [6.45, 7) is 2.39. The highest BCUT2D eigenvalue weighted by Gasteiger charge is 2.23. The minimum absolute atomic E-state index is 0.199. The summed E-state index contributed by atoms with van der Waals surface area (Å²) < 4.78 is 5.06. The van der Waals surface area contributed by atoms with Crippen molar-refractivity contribution >= 4 is 40.4 Å². The third kappa shape index (κ3) is 7.09. The molecule has 0 spiro atoms. The lowest BCUT2D eigenvalue weighted by atomic mass is 10.1. The molecule has 0 bridgehead atoms. The summed E-state index contributed by atoms with van der Waals surface area (Å²) in [5.41, 5.74) is 1.93. The van der Waals surface area contributed by atoms with Gasteiger partial charge in [0.25, 0.3) is 5.91 Å². The van der Waals surface area contributed by atoms with E-state index in [1.165, 1.54) is 0 Å². The van der Waals surface area contributed by atoms with Crippen LogP contribution < -0.4 is 16.0 Å². The molecule has 168 valence electrons. The van der Waals surface area contributed by atoms with Crippen molar-refractivity contribution in [3.8, 4) is 0 Å². The minimum atomic E-state index is -0.874. The fraction of sp³-hybridized carbons (Fsp3) is 0.318. The van der Waals surface area contributed by atoms with Gasteiger partial charge in [-0.25, -0.2) is 4.79 Å². The molecule has 1 aromatic carbocycles. The molecule has 1 aliphatic heterocycles. The van der Waals surface area contributed by atoms with E-state index in [1.807, 2.05) is 12.1 Å². The molecular formula is C22H25N5O4S. The lowest BCUT2D eigenvalue weighted by Gasteiger charge is -2.17. The second kappa shape index (κ2) is 11.8. The standard InChI is InChI=1S/C22H25N5O4S/c1-2-31-21(30)18(11-15-5-4-8-23-13-15)27-19(28)14-25-20(29)16-6-3-7-17(12-16)26-22-24-9-10-32-22/h3-8,12-13,18H,2,9-11,14H2,1H3,(H,24,26)(H,25,29)(H,27,28). The first kappa shape index (κ1) is 23.3. The van der Waals surface area contributed by atoms with Crippen molar-refractivity contribution in [1.29, 1.82) is 0 Å². The molecule has 1 aromatic heterocycles. The Morgan fingerprint density at radius 3 is 2.81 bits per heavy atom. The molecule has 9 nitrogen and oxygen atoms in total. The van der Waals surface area contributed by atoms with Gasteiger partial charge in [-0.1, -0.05) is 23.9 Å². The second-order valence-corrected chi connectivity index (χ2v) is 7.94. The molecule has 10 heteroatoms. The summed E-state index contributed by atoms with van der Waals surface area (Å²) in [6.07, 6.45) is 3.49. The number of esters is 1. The first-order chi connectivity index (χ1) is 15.5. The summed E-state index contributed by atoms with van der Waals surface area (Å²) in [7, 11) is 0. The molecule has 1 unspecified atom stereocenters. The van der Waals surface area contributed by atoms with Gasteiger partial charge in [0.1, 0.15) is 6.04 Å². The predicted molar refractivity (Wildman–Crippen MR) is 124 cm³/mol. The molecule has 1 atom stereocenters. The fourth-order valence-electron chi connectivity index (χ4n) is 2.97. The number of thioether (sulfide) groups is 1. The summed E-state index contributed by atoms with van der Waals surface area (Å²) >= 11 is 1.62. The van der Waals surface area contributed by atoms with Crippen LogP contribution in [0.3, 0.4) is 0 Å². The minimum Gasteiger partial charge on any atom is -0.464 e. The number of rotatable bonds is 9. The zero-order valence-electron chi connectivity index (χ0n) is 17.7. The second-order valence-electron chi connectivity index (χ2n) is 6.86. The molecule has 0 radical (unpaired) electrons. The Morgan fingerprint density at radius 2 is 2.09 bits per heavy atom. The van der Waals surface area contributed by atoms with E-state index in [4.69, 9.17) is 4.74 Å². The van der Waals surface area contributed by atoms with Gasteiger partial charge in [-0.2, -0.15) is 0 Å². The average molecular weight is 456 g/mol. The molecule has 0 saturated heterocycles. The van der Waals surface area contributed by atoms with E-state index in [-0.39, 0.29) is 19.6 Å².